The fraction of sp³-hybridized carbons (Fsp3) is 0.444. The first-order valence-electron chi connectivity index (χ1n) is 8.22. The van der Waals surface area contributed by atoms with Crippen LogP contribution in [0.4, 0.5) is 11.8 Å². The van der Waals surface area contributed by atoms with Gasteiger partial charge in [0.2, 0.25) is 5.95 Å². The lowest BCUT2D eigenvalue weighted by molar-refractivity contribution is 0.414. The highest BCUT2D eigenvalue weighted by Crippen LogP contribution is 2.19. The van der Waals surface area contributed by atoms with E-state index < -0.39 is 0 Å². The van der Waals surface area contributed by atoms with Gasteiger partial charge in [0.1, 0.15) is 11.6 Å². The van der Waals surface area contributed by atoms with Crippen LogP contribution in [0, 0.1) is 6.92 Å². The van der Waals surface area contributed by atoms with Crippen molar-refractivity contribution in [3.63, 3.8) is 0 Å². The molecule has 6 heteroatoms. The maximum Gasteiger partial charge on any atom is 0.222 e. The molecule has 0 unspecified atom stereocenters. The van der Waals surface area contributed by atoms with E-state index in [0.717, 1.165) is 36.8 Å². The summed E-state index contributed by atoms with van der Waals surface area (Å²) in [5.41, 5.74) is 7.81. The zero-order valence-electron chi connectivity index (χ0n) is 14.9. The molecule has 1 aromatic heterocycles. The molecule has 1 aliphatic rings. The third kappa shape index (κ3) is 4.83. The molecule has 1 fully saturated rings. The molecular formula is C18H27N5O. The van der Waals surface area contributed by atoms with Gasteiger partial charge in [0, 0.05) is 30.9 Å². The normalized spacial score (nSPS) is 13.8. The molecule has 6 nitrogen and oxygen atoms in total. The predicted molar refractivity (Wildman–Crippen MR) is 98.6 cm³/mol. The Kier molecular flexibility index (Phi) is 6.37. The van der Waals surface area contributed by atoms with Gasteiger partial charge in [-0.05, 0) is 38.1 Å². The van der Waals surface area contributed by atoms with Crippen molar-refractivity contribution in [3.8, 4) is 5.75 Å². The number of methoxy groups -OCH3 is 1. The SMILES string of the molecule is CCc1cccc(OC)c1.CNC1CN(c2cc(C)nc(N)n2)C1. The van der Waals surface area contributed by atoms with Crippen LogP contribution in [0.3, 0.4) is 0 Å². The van der Waals surface area contributed by atoms with Crippen LogP contribution in [-0.2, 0) is 6.42 Å². The molecule has 0 aliphatic carbocycles. The maximum absolute atomic E-state index is 5.58. The molecule has 2 aromatic rings. The van der Waals surface area contributed by atoms with E-state index in [2.05, 4.69) is 39.2 Å². The highest BCUT2D eigenvalue weighted by Gasteiger charge is 2.26. The van der Waals surface area contributed by atoms with Gasteiger partial charge in [-0.3, -0.25) is 0 Å². The van der Waals surface area contributed by atoms with Crippen molar-refractivity contribution >= 4 is 11.8 Å². The number of hydrogen-bond acceptors (Lipinski definition) is 6. The Hall–Kier alpha value is -2.34. The van der Waals surface area contributed by atoms with Crippen LogP contribution in [0.15, 0.2) is 30.3 Å². The lowest BCUT2D eigenvalue weighted by Gasteiger charge is -2.39. The number of nitrogens with zero attached hydrogens (tertiary/aromatic N) is 3. The van der Waals surface area contributed by atoms with Gasteiger partial charge in [-0.15, -0.1) is 0 Å². The summed E-state index contributed by atoms with van der Waals surface area (Å²) in [5, 5.41) is 3.21. The molecule has 0 bridgehead atoms. The third-order valence-corrected chi connectivity index (χ3v) is 4.01. The first kappa shape index (κ1) is 18.0. The number of hydrogen-bond donors (Lipinski definition) is 2. The second-order valence-corrected chi connectivity index (χ2v) is 5.82. The number of ether oxygens (including phenoxy) is 1. The first-order valence-corrected chi connectivity index (χ1v) is 8.22. The minimum absolute atomic E-state index is 0.355. The Morgan fingerprint density at radius 1 is 1.29 bits per heavy atom. The minimum atomic E-state index is 0.355. The summed E-state index contributed by atoms with van der Waals surface area (Å²) in [6.45, 7) is 6.05. The molecule has 0 spiro atoms. The summed E-state index contributed by atoms with van der Waals surface area (Å²) in [6, 6.07) is 10.7. The Morgan fingerprint density at radius 3 is 2.62 bits per heavy atom. The zero-order chi connectivity index (χ0) is 17.5. The molecule has 0 atom stereocenters. The quantitative estimate of drug-likeness (QED) is 0.894. The fourth-order valence-electron chi connectivity index (χ4n) is 2.48. The second-order valence-electron chi connectivity index (χ2n) is 5.82. The topological polar surface area (TPSA) is 76.3 Å². The van der Waals surface area contributed by atoms with E-state index in [-0.39, 0.29) is 0 Å². The zero-order valence-corrected chi connectivity index (χ0v) is 14.9. The van der Waals surface area contributed by atoms with E-state index >= 15 is 0 Å². The van der Waals surface area contributed by atoms with Gasteiger partial charge in [-0.25, -0.2) is 4.98 Å². The van der Waals surface area contributed by atoms with Crippen molar-refractivity contribution in [1.29, 1.82) is 0 Å². The molecule has 1 aliphatic heterocycles. The molecule has 130 valence electrons. The van der Waals surface area contributed by atoms with Crippen LogP contribution in [0.5, 0.6) is 5.75 Å². The first-order chi connectivity index (χ1) is 11.5. The van der Waals surface area contributed by atoms with E-state index in [1.807, 2.05) is 32.2 Å². The average Bonchev–Trinajstić information content (AvgIpc) is 2.53. The molecular weight excluding hydrogens is 302 g/mol. The Labute approximate surface area is 144 Å². The molecule has 1 aromatic carbocycles. The van der Waals surface area contributed by atoms with Crippen LogP contribution in [0.1, 0.15) is 18.2 Å². The smallest absolute Gasteiger partial charge is 0.222 e. The van der Waals surface area contributed by atoms with Gasteiger partial charge in [0.15, 0.2) is 0 Å². The standard InChI is InChI=1S/C9H15N5.C9H12O/c1-6-3-8(13-9(10)12-6)14-4-7(5-14)11-2;1-3-8-5-4-6-9(7-8)10-2/h3,7,11H,4-5H2,1-2H3,(H2,10,12,13);4-7H,3H2,1-2H3. The van der Waals surface area contributed by atoms with E-state index in [0.29, 0.717) is 12.0 Å². The lowest BCUT2D eigenvalue weighted by atomic mass is 10.1. The van der Waals surface area contributed by atoms with Gasteiger partial charge < -0.3 is 20.7 Å². The summed E-state index contributed by atoms with van der Waals surface area (Å²) in [5.74, 6) is 2.23. The van der Waals surface area contributed by atoms with E-state index in [9.17, 15) is 0 Å². The molecule has 0 radical (unpaired) electrons. The number of nitrogens with one attached hydrogen (secondary N) is 1. The van der Waals surface area contributed by atoms with Crippen LogP contribution in [0.2, 0.25) is 0 Å². The lowest BCUT2D eigenvalue weighted by Crippen LogP contribution is -2.57. The highest BCUT2D eigenvalue weighted by atomic mass is 16.5. The predicted octanol–water partition coefficient (Wildman–Crippen LogP) is 2.03. The van der Waals surface area contributed by atoms with E-state index in [4.69, 9.17) is 10.5 Å². The number of nitrogens with two attached hydrogens (primary N) is 1. The molecule has 1 saturated heterocycles. The average molecular weight is 329 g/mol. The number of anilines is 2. The van der Waals surface area contributed by atoms with Gasteiger partial charge in [-0.1, -0.05) is 19.1 Å². The van der Waals surface area contributed by atoms with Crippen molar-refractivity contribution < 1.29 is 4.74 Å². The third-order valence-electron chi connectivity index (χ3n) is 4.01. The molecule has 3 rings (SSSR count). The second kappa shape index (κ2) is 8.49. The van der Waals surface area contributed by atoms with Crippen LogP contribution < -0.4 is 20.7 Å². The highest BCUT2D eigenvalue weighted by molar-refractivity contribution is 5.46. The number of rotatable bonds is 4. The molecule has 3 N–H and O–H groups in total. The number of nitrogen functional groups attached to an aromatic ring is 1. The van der Waals surface area contributed by atoms with Crippen molar-refractivity contribution in [1.82, 2.24) is 15.3 Å². The van der Waals surface area contributed by atoms with Crippen molar-refractivity contribution in [2.24, 2.45) is 0 Å². The minimum Gasteiger partial charge on any atom is -0.497 e. The number of likely N-dealkylation sites (N-methyl/N-ethyl adjacent to an activating group) is 1. The maximum atomic E-state index is 5.58. The molecule has 2 heterocycles. The van der Waals surface area contributed by atoms with Gasteiger partial charge in [0.05, 0.1) is 7.11 Å². The van der Waals surface area contributed by atoms with Gasteiger partial charge >= 0.3 is 0 Å². The summed E-state index contributed by atoms with van der Waals surface area (Å²) in [7, 11) is 3.66. The Balaban J connectivity index is 0.000000185. The van der Waals surface area contributed by atoms with Crippen molar-refractivity contribution in [2.45, 2.75) is 26.3 Å². The Morgan fingerprint density at radius 2 is 2.04 bits per heavy atom. The van der Waals surface area contributed by atoms with Crippen LogP contribution in [-0.4, -0.2) is 43.3 Å². The van der Waals surface area contributed by atoms with Crippen LogP contribution in [0.25, 0.3) is 0 Å². The summed E-state index contributed by atoms with van der Waals surface area (Å²) in [4.78, 5) is 10.4. The Bertz CT molecular complexity index is 616. The number of aromatic nitrogens is 2. The van der Waals surface area contributed by atoms with E-state index in [1.165, 1.54) is 5.56 Å². The summed E-state index contributed by atoms with van der Waals surface area (Å²) >= 11 is 0. The van der Waals surface area contributed by atoms with E-state index in [1.54, 1.807) is 7.11 Å². The van der Waals surface area contributed by atoms with Gasteiger partial charge in [-0.2, -0.15) is 4.98 Å². The van der Waals surface area contributed by atoms with Crippen molar-refractivity contribution in [2.75, 3.05) is 37.9 Å². The largest absolute Gasteiger partial charge is 0.497 e. The fourth-order valence-corrected chi connectivity index (χ4v) is 2.48. The molecule has 24 heavy (non-hydrogen) atoms. The molecule has 0 amide bonds. The molecule has 0 saturated carbocycles. The van der Waals surface area contributed by atoms with Crippen molar-refractivity contribution in [3.05, 3.63) is 41.6 Å². The summed E-state index contributed by atoms with van der Waals surface area (Å²) in [6.07, 6.45) is 1.07. The monoisotopic (exact) mass is 329 g/mol. The van der Waals surface area contributed by atoms with Crippen LogP contribution >= 0.6 is 0 Å². The number of benzene rings is 1. The summed E-state index contributed by atoms with van der Waals surface area (Å²) < 4.78 is 5.06. The van der Waals surface area contributed by atoms with Gasteiger partial charge in [0.25, 0.3) is 0 Å². The number of aryl methyl sites for hydroxylation is 2.